The summed E-state index contributed by atoms with van der Waals surface area (Å²) in [5.74, 6) is -0.0145. The van der Waals surface area contributed by atoms with Crippen LogP contribution in [0.25, 0.3) is 0 Å². The lowest BCUT2D eigenvalue weighted by Gasteiger charge is -2.23. The quantitative estimate of drug-likeness (QED) is 0.787. The number of aryl methyl sites for hydroxylation is 1. The van der Waals surface area contributed by atoms with Crippen LogP contribution in [0.2, 0.25) is 5.02 Å². The van der Waals surface area contributed by atoms with Crippen LogP contribution >= 0.6 is 23.5 Å². The molecule has 5 heteroatoms. The minimum absolute atomic E-state index is 0.0145. The van der Waals surface area contributed by atoms with Gasteiger partial charge in [0.15, 0.2) is 0 Å². The number of carbonyl (C=O) groups is 1. The molecule has 0 aromatic heterocycles. The summed E-state index contributed by atoms with van der Waals surface area (Å²) in [4.78, 5) is 12.2. The van der Waals surface area contributed by atoms with Crippen LogP contribution in [-0.2, 0) is 11.3 Å². The van der Waals surface area contributed by atoms with Crippen molar-refractivity contribution in [2.75, 3.05) is 17.1 Å². The van der Waals surface area contributed by atoms with E-state index in [0.717, 1.165) is 16.8 Å². The lowest BCUT2D eigenvalue weighted by molar-refractivity contribution is -0.119. The first kappa shape index (κ1) is 17.7. The molecule has 0 spiro atoms. The first-order valence-corrected chi connectivity index (χ1v) is 8.96. The van der Waals surface area contributed by atoms with Crippen LogP contribution in [0.4, 0.5) is 5.69 Å². The Bertz CT molecular complexity index is 673. The molecule has 0 aliphatic heterocycles. The van der Waals surface area contributed by atoms with Crippen molar-refractivity contribution in [1.82, 2.24) is 5.32 Å². The molecule has 2 rings (SSSR count). The number of benzene rings is 2. The van der Waals surface area contributed by atoms with Gasteiger partial charge in [0.2, 0.25) is 5.91 Å². The summed E-state index contributed by atoms with van der Waals surface area (Å²) < 4.78 is 1.95. The van der Waals surface area contributed by atoms with E-state index in [9.17, 15) is 4.79 Å². The van der Waals surface area contributed by atoms with Gasteiger partial charge in [0.25, 0.3) is 0 Å². The van der Waals surface area contributed by atoms with Crippen LogP contribution in [0.1, 0.15) is 16.7 Å². The van der Waals surface area contributed by atoms with Crippen molar-refractivity contribution >= 4 is 35.1 Å². The molecule has 0 saturated carbocycles. The number of nitrogens with one attached hydrogen (secondary N) is 1. The highest BCUT2D eigenvalue weighted by Crippen LogP contribution is 2.29. The molecule has 122 valence electrons. The number of amides is 1. The summed E-state index contributed by atoms with van der Waals surface area (Å²) in [5.41, 5.74) is 4.26. The van der Waals surface area contributed by atoms with E-state index >= 15 is 0 Å². The third kappa shape index (κ3) is 4.91. The minimum atomic E-state index is -0.0145. The second kappa shape index (κ2) is 8.27. The van der Waals surface area contributed by atoms with E-state index in [1.165, 1.54) is 17.5 Å². The third-order valence-corrected chi connectivity index (χ3v) is 4.80. The van der Waals surface area contributed by atoms with Crippen LogP contribution in [0.15, 0.2) is 42.5 Å². The molecule has 0 unspecified atom stereocenters. The number of halogens is 1. The van der Waals surface area contributed by atoms with Gasteiger partial charge in [0.1, 0.15) is 6.54 Å². The number of carbonyl (C=O) groups excluding carboxylic acids is 1. The van der Waals surface area contributed by atoms with E-state index in [1.807, 2.05) is 66.9 Å². The molecule has 0 aliphatic rings. The summed E-state index contributed by atoms with van der Waals surface area (Å²) in [6.07, 6.45) is 1.95. The molecule has 0 bridgehead atoms. The van der Waals surface area contributed by atoms with E-state index in [4.69, 9.17) is 11.6 Å². The molecule has 0 atom stereocenters. The molecule has 0 aliphatic carbocycles. The van der Waals surface area contributed by atoms with E-state index in [0.29, 0.717) is 11.6 Å². The van der Waals surface area contributed by atoms with Crippen molar-refractivity contribution in [2.45, 2.75) is 20.4 Å². The number of anilines is 1. The smallest absolute Gasteiger partial charge is 0.240 e. The molecule has 0 fully saturated rings. The number of hydrogen-bond donors (Lipinski definition) is 1. The van der Waals surface area contributed by atoms with Crippen LogP contribution in [0, 0.1) is 13.8 Å². The maximum atomic E-state index is 12.2. The molecular formula is C18H21ClN2OS. The van der Waals surface area contributed by atoms with Crippen molar-refractivity contribution in [2.24, 2.45) is 0 Å². The SMILES string of the molecule is CSN(CC(=O)NCc1ccc(C)cc1)c1cccc(Cl)c1C. The average Bonchev–Trinajstić information content (AvgIpc) is 2.55. The molecule has 0 radical (unpaired) electrons. The summed E-state index contributed by atoms with van der Waals surface area (Å²) in [5, 5.41) is 3.67. The second-order valence-electron chi connectivity index (χ2n) is 5.37. The largest absolute Gasteiger partial charge is 0.350 e. The molecule has 1 amide bonds. The van der Waals surface area contributed by atoms with Crippen LogP contribution in [0.5, 0.6) is 0 Å². The van der Waals surface area contributed by atoms with Crippen molar-refractivity contribution < 1.29 is 4.79 Å². The predicted molar refractivity (Wildman–Crippen MR) is 100 cm³/mol. The van der Waals surface area contributed by atoms with Gasteiger partial charge in [-0.1, -0.05) is 59.4 Å². The summed E-state index contributed by atoms with van der Waals surface area (Å²) in [7, 11) is 0. The van der Waals surface area contributed by atoms with Crippen LogP contribution < -0.4 is 9.62 Å². The predicted octanol–water partition coefficient (Wildman–Crippen LogP) is 4.36. The maximum Gasteiger partial charge on any atom is 0.240 e. The minimum Gasteiger partial charge on any atom is -0.350 e. The fourth-order valence-electron chi connectivity index (χ4n) is 2.21. The standard InChI is InChI=1S/C18H21ClN2OS/c1-13-7-9-15(10-8-13)11-20-18(22)12-21(23-3)17-6-4-5-16(19)14(17)2/h4-10H,11-12H2,1-3H3,(H,20,22). The van der Waals surface area contributed by atoms with Crippen LogP contribution in [0.3, 0.4) is 0 Å². The van der Waals surface area contributed by atoms with Crippen LogP contribution in [-0.4, -0.2) is 18.7 Å². The summed E-state index contributed by atoms with van der Waals surface area (Å²) >= 11 is 7.68. The zero-order valence-corrected chi connectivity index (χ0v) is 15.2. The van der Waals surface area contributed by atoms with Gasteiger partial charge in [0, 0.05) is 17.8 Å². The topological polar surface area (TPSA) is 32.3 Å². The first-order chi connectivity index (χ1) is 11.0. The van der Waals surface area contributed by atoms with E-state index in [-0.39, 0.29) is 12.5 Å². The van der Waals surface area contributed by atoms with Crippen molar-refractivity contribution in [3.8, 4) is 0 Å². The third-order valence-electron chi connectivity index (χ3n) is 3.63. The van der Waals surface area contributed by atoms with Gasteiger partial charge in [0.05, 0.1) is 5.69 Å². The van der Waals surface area contributed by atoms with Gasteiger partial charge in [-0.2, -0.15) is 0 Å². The monoisotopic (exact) mass is 348 g/mol. The zero-order chi connectivity index (χ0) is 16.8. The number of nitrogens with zero attached hydrogens (tertiary/aromatic N) is 1. The van der Waals surface area contributed by atoms with Crippen molar-refractivity contribution in [1.29, 1.82) is 0 Å². The molecule has 3 nitrogen and oxygen atoms in total. The van der Waals surface area contributed by atoms with Crippen molar-refractivity contribution in [3.63, 3.8) is 0 Å². The highest BCUT2D eigenvalue weighted by Gasteiger charge is 2.14. The number of hydrogen-bond acceptors (Lipinski definition) is 3. The molecule has 2 aromatic rings. The second-order valence-corrected chi connectivity index (χ2v) is 6.58. The van der Waals surface area contributed by atoms with E-state index < -0.39 is 0 Å². The summed E-state index contributed by atoms with van der Waals surface area (Å²) in [6, 6.07) is 13.9. The van der Waals surface area contributed by atoms with Gasteiger partial charge in [-0.15, -0.1) is 0 Å². The molecule has 1 N–H and O–H groups in total. The Hall–Kier alpha value is -1.65. The number of rotatable bonds is 6. The van der Waals surface area contributed by atoms with E-state index in [2.05, 4.69) is 5.32 Å². The van der Waals surface area contributed by atoms with Gasteiger partial charge in [-0.25, -0.2) is 0 Å². The molecule has 23 heavy (non-hydrogen) atoms. The Labute approximate surface area is 147 Å². The fourth-order valence-corrected chi connectivity index (χ4v) is 3.02. The highest BCUT2D eigenvalue weighted by molar-refractivity contribution is 8.00. The normalized spacial score (nSPS) is 10.4. The molecule has 2 aromatic carbocycles. The molecule has 0 heterocycles. The van der Waals surface area contributed by atoms with Gasteiger partial charge in [-0.3, -0.25) is 4.79 Å². The summed E-state index contributed by atoms with van der Waals surface area (Å²) in [6.45, 7) is 4.83. The highest BCUT2D eigenvalue weighted by atomic mass is 35.5. The Morgan fingerprint density at radius 1 is 1.17 bits per heavy atom. The first-order valence-electron chi connectivity index (χ1n) is 7.40. The fraction of sp³-hybridized carbons (Fsp3) is 0.278. The van der Waals surface area contributed by atoms with Gasteiger partial charge in [-0.05, 0) is 37.1 Å². The molecule has 0 saturated heterocycles. The average molecular weight is 349 g/mol. The Morgan fingerprint density at radius 3 is 2.52 bits per heavy atom. The van der Waals surface area contributed by atoms with Crippen molar-refractivity contribution in [3.05, 3.63) is 64.2 Å². The van der Waals surface area contributed by atoms with Gasteiger partial charge < -0.3 is 9.62 Å². The lowest BCUT2D eigenvalue weighted by atomic mass is 10.1. The zero-order valence-electron chi connectivity index (χ0n) is 13.6. The molecular weight excluding hydrogens is 328 g/mol. The Balaban J connectivity index is 1.97. The van der Waals surface area contributed by atoms with Gasteiger partial charge >= 0.3 is 0 Å². The Morgan fingerprint density at radius 2 is 1.87 bits per heavy atom. The Kier molecular flexibility index (Phi) is 6.37. The lowest BCUT2D eigenvalue weighted by Crippen LogP contribution is -2.33. The maximum absolute atomic E-state index is 12.2. The van der Waals surface area contributed by atoms with E-state index in [1.54, 1.807) is 0 Å².